The van der Waals surface area contributed by atoms with Gasteiger partial charge in [0.05, 0.1) is 6.10 Å². The Morgan fingerprint density at radius 1 is 1.33 bits per heavy atom. The normalized spacial score (nSPS) is 13.2. The van der Waals surface area contributed by atoms with Crippen LogP contribution in [0.25, 0.3) is 0 Å². The zero-order valence-corrected chi connectivity index (χ0v) is 10.1. The second-order valence-electron chi connectivity index (χ2n) is 4.04. The molecule has 1 rings (SSSR count). The number of thioether (sulfide) groups is 1. The third-order valence-electron chi connectivity index (χ3n) is 2.01. The van der Waals surface area contributed by atoms with Crippen LogP contribution in [0.5, 0.6) is 0 Å². The van der Waals surface area contributed by atoms with Crippen LogP contribution in [-0.4, -0.2) is 10.9 Å². The van der Waals surface area contributed by atoms with E-state index in [1.54, 1.807) is 19.1 Å². The molecule has 0 unspecified atom stereocenters. The van der Waals surface area contributed by atoms with Gasteiger partial charge in [0.15, 0.2) is 0 Å². The lowest BCUT2D eigenvalue weighted by molar-refractivity contribution is 0.195. The molecule has 1 nitrogen and oxygen atoms in total. The van der Waals surface area contributed by atoms with E-state index in [4.69, 9.17) is 0 Å². The van der Waals surface area contributed by atoms with Crippen molar-refractivity contribution in [3.8, 4) is 0 Å². The summed E-state index contributed by atoms with van der Waals surface area (Å²) in [6.45, 7) is 5.85. The highest BCUT2D eigenvalue weighted by Gasteiger charge is 2.13. The van der Waals surface area contributed by atoms with Gasteiger partial charge in [0.2, 0.25) is 0 Å². The van der Waals surface area contributed by atoms with Crippen molar-refractivity contribution in [3.05, 3.63) is 29.6 Å². The van der Waals surface area contributed by atoms with Crippen LogP contribution in [0.1, 0.15) is 32.4 Å². The van der Waals surface area contributed by atoms with Gasteiger partial charge in [-0.25, -0.2) is 4.39 Å². The summed E-state index contributed by atoms with van der Waals surface area (Å²) in [5, 5.41) is 9.51. The molecule has 1 atom stereocenters. The molecule has 1 aromatic carbocycles. The fourth-order valence-electron chi connectivity index (χ4n) is 1.26. The molecule has 0 fully saturated rings. The maximum atomic E-state index is 13.5. The van der Waals surface area contributed by atoms with Crippen molar-refractivity contribution in [2.24, 2.45) is 5.92 Å². The fraction of sp³-hybridized carbons (Fsp3) is 0.500. The van der Waals surface area contributed by atoms with E-state index in [1.807, 2.05) is 0 Å². The topological polar surface area (TPSA) is 20.2 Å². The van der Waals surface area contributed by atoms with Gasteiger partial charge in [-0.05, 0) is 24.5 Å². The Morgan fingerprint density at radius 2 is 2.00 bits per heavy atom. The molecule has 0 radical (unpaired) electrons. The van der Waals surface area contributed by atoms with Crippen LogP contribution in [0, 0.1) is 11.7 Å². The molecular weight excluding hydrogens is 211 g/mol. The largest absolute Gasteiger partial charge is 0.389 e. The average Bonchev–Trinajstić information content (AvgIpc) is 2.15. The first-order valence-electron chi connectivity index (χ1n) is 5.11. The predicted molar refractivity (Wildman–Crippen MR) is 62.6 cm³/mol. The smallest absolute Gasteiger partial charge is 0.137 e. The Balaban J connectivity index is 2.92. The van der Waals surface area contributed by atoms with Crippen molar-refractivity contribution in [1.29, 1.82) is 0 Å². The Morgan fingerprint density at radius 3 is 2.53 bits per heavy atom. The van der Waals surface area contributed by atoms with E-state index in [-0.39, 0.29) is 5.82 Å². The minimum absolute atomic E-state index is 0.237. The van der Waals surface area contributed by atoms with Gasteiger partial charge in [0.25, 0.3) is 0 Å². The summed E-state index contributed by atoms with van der Waals surface area (Å²) < 4.78 is 13.5. The van der Waals surface area contributed by atoms with Gasteiger partial charge in [0.1, 0.15) is 5.82 Å². The summed E-state index contributed by atoms with van der Waals surface area (Å²) in [4.78, 5) is 0.584. The predicted octanol–water partition coefficient (Wildman–Crippen LogP) is 3.63. The van der Waals surface area contributed by atoms with Crippen molar-refractivity contribution < 1.29 is 9.50 Å². The van der Waals surface area contributed by atoms with Gasteiger partial charge in [-0.15, -0.1) is 11.8 Å². The van der Waals surface area contributed by atoms with E-state index >= 15 is 0 Å². The third-order valence-corrected chi connectivity index (χ3v) is 3.56. The molecule has 0 saturated carbocycles. The number of benzene rings is 1. The van der Waals surface area contributed by atoms with Crippen molar-refractivity contribution in [2.75, 3.05) is 5.75 Å². The summed E-state index contributed by atoms with van der Waals surface area (Å²) in [6.07, 6.45) is -0.615. The third kappa shape index (κ3) is 3.50. The highest BCUT2D eigenvalue weighted by Crippen LogP contribution is 2.31. The first-order chi connectivity index (χ1) is 7.02. The lowest BCUT2D eigenvalue weighted by Crippen LogP contribution is -1.99. The van der Waals surface area contributed by atoms with Crippen molar-refractivity contribution >= 4 is 11.8 Å². The first-order valence-corrected chi connectivity index (χ1v) is 6.10. The molecule has 0 aliphatic heterocycles. The van der Waals surface area contributed by atoms with Crippen LogP contribution < -0.4 is 0 Å². The summed E-state index contributed by atoms with van der Waals surface area (Å²) in [7, 11) is 0. The van der Waals surface area contributed by atoms with Gasteiger partial charge in [-0.2, -0.15) is 0 Å². The Hall–Kier alpha value is -0.540. The van der Waals surface area contributed by atoms with Crippen molar-refractivity contribution in [1.82, 2.24) is 0 Å². The number of hydrogen-bond donors (Lipinski definition) is 1. The van der Waals surface area contributed by atoms with Gasteiger partial charge in [-0.1, -0.05) is 26.0 Å². The number of aliphatic hydroxyl groups is 1. The molecule has 1 aromatic rings. The van der Waals surface area contributed by atoms with Crippen LogP contribution in [0.4, 0.5) is 4.39 Å². The molecule has 3 heteroatoms. The molecule has 0 spiro atoms. The second kappa shape index (κ2) is 5.52. The molecule has 0 aliphatic rings. The van der Waals surface area contributed by atoms with Gasteiger partial charge >= 0.3 is 0 Å². The average molecular weight is 228 g/mol. The molecule has 0 amide bonds. The molecule has 0 heterocycles. The summed E-state index contributed by atoms with van der Waals surface area (Å²) in [5.74, 6) is 1.14. The minimum atomic E-state index is -0.615. The second-order valence-corrected chi connectivity index (χ2v) is 5.07. The SMILES string of the molecule is CC(C)CSc1c(F)cccc1[C@H](C)O. The molecule has 0 saturated heterocycles. The van der Waals surface area contributed by atoms with Gasteiger partial charge in [0, 0.05) is 10.6 Å². The van der Waals surface area contributed by atoms with Crippen LogP contribution >= 0.6 is 11.8 Å². The highest BCUT2D eigenvalue weighted by molar-refractivity contribution is 7.99. The lowest BCUT2D eigenvalue weighted by atomic mass is 10.1. The van der Waals surface area contributed by atoms with E-state index < -0.39 is 6.10 Å². The van der Waals surface area contributed by atoms with Crippen LogP contribution in [-0.2, 0) is 0 Å². The number of hydrogen-bond acceptors (Lipinski definition) is 2. The zero-order valence-electron chi connectivity index (χ0n) is 9.33. The van der Waals surface area contributed by atoms with Crippen molar-refractivity contribution in [3.63, 3.8) is 0 Å². The van der Waals surface area contributed by atoms with Crippen LogP contribution in [0.3, 0.4) is 0 Å². The van der Waals surface area contributed by atoms with E-state index in [0.29, 0.717) is 16.4 Å². The minimum Gasteiger partial charge on any atom is -0.389 e. The fourth-order valence-corrected chi connectivity index (χ4v) is 2.37. The molecule has 0 bridgehead atoms. The van der Waals surface area contributed by atoms with Crippen LogP contribution in [0.2, 0.25) is 0 Å². The summed E-state index contributed by atoms with van der Waals surface area (Å²) in [6, 6.07) is 4.85. The zero-order chi connectivity index (χ0) is 11.4. The standard InChI is InChI=1S/C12H17FOS/c1-8(2)7-15-12-10(9(3)14)5-4-6-11(12)13/h4-6,8-9,14H,7H2,1-3H3/t9-/m0/s1. The monoisotopic (exact) mass is 228 g/mol. The Bertz CT molecular complexity index is 323. The van der Waals surface area contributed by atoms with E-state index in [0.717, 1.165) is 5.75 Å². The molecule has 15 heavy (non-hydrogen) atoms. The van der Waals surface area contributed by atoms with Crippen molar-refractivity contribution in [2.45, 2.75) is 31.8 Å². The summed E-state index contributed by atoms with van der Waals surface area (Å²) >= 11 is 1.48. The van der Waals surface area contributed by atoms with E-state index in [9.17, 15) is 9.50 Å². The van der Waals surface area contributed by atoms with E-state index in [2.05, 4.69) is 13.8 Å². The number of rotatable bonds is 4. The van der Waals surface area contributed by atoms with E-state index in [1.165, 1.54) is 17.8 Å². The highest BCUT2D eigenvalue weighted by atomic mass is 32.2. The summed E-state index contributed by atoms with van der Waals surface area (Å²) in [5.41, 5.74) is 0.681. The first kappa shape index (κ1) is 12.5. The van der Waals surface area contributed by atoms with Gasteiger partial charge in [-0.3, -0.25) is 0 Å². The molecular formula is C12H17FOS. The maximum absolute atomic E-state index is 13.5. The number of aliphatic hydroxyl groups excluding tert-OH is 1. The molecule has 1 N–H and O–H groups in total. The maximum Gasteiger partial charge on any atom is 0.137 e. The lowest BCUT2D eigenvalue weighted by Gasteiger charge is -2.13. The number of halogens is 1. The molecule has 84 valence electrons. The Kier molecular flexibility index (Phi) is 4.61. The Labute approximate surface area is 94.7 Å². The molecule has 0 aromatic heterocycles. The molecule has 0 aliphatic carbocycles. The quantitative estimate of drug-likeness (QED) is 0.794. The van der Waals surface area contributed by atoms with Crippen LogP contribution in [0.15, 0.2) is 23.1 Å². The van der Waals surface area contributed by atoms with Gasteiger partial charge < -0.3 is 5.11 Å².